The number of rotatable bonds is 10. The van der Waals surface area contributed by atoms with Gasteiger partial charge in [-0.2, -0.15) is 0 Å². The van der Waals surface area contributed by atoms with Crippen molar-refractivity contribution >= 4 is 39.6 Å². The molecule has 0 fully saturated rings. The van der Waals surface area contributed by atoms with Gasteiger partial charge < -0.3 is 9.80 Å². The Balaban J connectivity index is 1.02. The second-order valence-electron chi connectivity index (χ2n) is 23.8. The van der Waals surface area contributed by atoms with Crippen LogP contribution >= 0.6 is 0 Å². The summed E-state index contributed by atoms with van der Waals surface area (Å²) >= 11 is 0. The summed E-state index contributed by atoms with van der Waals surface area (Å²) in [5.74, 6) is 0. The van der Waals surface area contributed by atoms with Gasteiger partial charge in [0.2, 0.25) is 0 Å². The molecule has 394 valence electrons. The fraction of sp³-hybridized carbons (Fsp3) is 0.125. The molecule has 10 aromatic rings. The summed E-state index contributed by atoms with van der Waals surface area (Å²) in [6.45, 7) is 16.1. The van der Waals surface area contributed by atoms with Crippen molar-refractivity contribution in [2.75, 3.05) is 9.80 Å². The van der Waals surface area contributed by atoms with E-state index >= 15 is 0 Å². The summed E-state index contributed by atoms with van der Waals surface area (Å²) in [6.07, 6.45) is 13.1. The van der Waals surface area contributed by atoms with E-state index in [2.05, 4.69) is 312 Å². The lowest BCUT2D eigenvalue weighted by Crippen LogP contribution is -2.29. The zero-order valence-corrected chi connectivity index (χ0v) is 47.3. The zero-order chi connectivity index (χ0) is 55.5. The monoisotopic (exact) mass is 1050 g/mol. The van der Waals surface area contributed by atoms with E-state index in [9.17, 15) is 0 Å². The Bertz CT molecular complexity index is 4390. The van der Waals surface area contributed by atoms with Crippen molar-refractivity contribution in [1.29, 1.82) is 0 Å². The number of allylic oxidation sites excluding steroid dienone is 9. The average Bonchev–Trinajstić information content (AvgIpc) is 4.34. The quantitative estimate of drug-likeness (QED) is 0.135. The summed E-state index contributed by atoms with van der Waals surface area (Å²) in [4.78, 5) is 5.22. The highest BCUT2D eigenvalue weighted by molar-refractivity contribution is 6.03. The van der Waals surface area contributed by atoms with Crippen LogP contribution in [0.1, 0.15) is 97.5 Å². The summed E-state index contributed by atoms with van der Waals surface area (Å²) in [7, 11) is 0. The van der Waals surface area contributed by atoms with Crippen LogP contribution in [0.3, 0.4) is 0 Å². The maximum Gasteiger partial charge on any atom is 0.0746 e. The predicted octanol–water partition coefficient (Wildman–Crippen LogP) is 21.2. The summed E-state index contributed by atoms with van der Waals surface area (Å²) in [6, 6.07) is 87.3. The Morgan fingerprint density at radius 3 is 1.61 bits per heavy atom. The SMILES string of the molecule is C=CC1=C(/C=C\C)c2c(N(c3ccc(-c4ccccc4)cc3)c3cccc4c3C3(c5ccccc5-c5ccc(N(C6=C(c7ccccc7)C=CCC6)c6ccc7c(c6)C(C)(C)c6ccccc6-7)cc53)c3ccccc3-4)cccc2C1(C)C. The van der Waals surface area contributed by atoms with E-state index in [4.69, 9.17) is 0 Å². The smallest absolute Gasteiger partial charge is 0.0746 e. The van der Waals surface area contributed by atoms with E-state index in [0.717, 1.165) is 35.6 Å². The van der Waals surface area contributed by atoms with Gasteiger partial charge in [0.15, 0.2) is 0 Å². The van der Waals surface area contributed by atoms with Gasteiger partial charge in [0.1, 0.15) is 0 Å². The van der Waals surface area contributed by atoms with Crippen LogP contribution < -0.4 is 9.80 Å². The lowest BCUT2D eigenvalue weighted by Gasteiger charge is -2.37. The third-order valence-electron chi connectivity index (χ3n) is 18.8. The highest BCUT2D eigenvalue weighted by atomic mass is 15.2. The topological polar surface area (TPSA) is 6.48 Å². The molecule has 5 aliphatic rings. The molecule has 10 aromatic carbocycles. The fourth-order valence-electron chi connectivity index (χ4n) is 15.2. The first-order chi connectivity index (χ1) is 40.1. The van der Waals surface area contributed by atoms with Gasteiger partial charge in [-0.05, 0) is 163 Å². The first-order valence-electron chi connectivity index (χ1n) is 29.2. The fourth-order valence-corrected chi connectivity index (χ4v) is 15.2. The van der Waals surface area contributed by atoms with Crippen LogP contribution in [-0.2, 0) is 16.2 Å². The van der Waals surface area contributed by atoms with Crippen LogP contribution in [0.5, 0.6) is 0 Å². The molecule has 2 nitrogen and oxygen atoms in total. The van der Waals surface area contributed by atoms with E-state index in [1.54, 1.807) is 0 Å². The molecule has 5 aliphatic carbocycles. The molecular formula is C80H64N2. The molecule has 15 rings (SSSR count). The summed E-state index contributed by atoms with van der Waals surface area (Å²) in [5.41, 5.74) is 31.3. The molecule has 0 heterocycles. The minimum Gasteiger partial charge on any atom is -0.314 e. The van der Waals surface area contributed by atoms with Crippen molar-refractivity contribution < 1.29 is 0 Å². The Morgan fingerprint density at radius 1 is 0.427 bits per heavy atom. The number of benzene rings is 10. The number of nitrogens with zero attached hydrogens (tertiary/aromatic N) is 2. The molecular weight excluding hydrogens is 989 g/mol. The molecule has 1 spiro atoms. The molecule has 1 unspecified atom stereocenters. The van der Waals surface area contributed by atoms with Crippen LogP contribution in [0, 0.1) is 0 Å². The van der Waals surface area contributed by atoms with Crippen LogP contribution in [-0.4, -0.2) is 0 Å². The number of anilines is 5. The van der Waals surface area contributed by atoms with Crippen molar-refractivity contribution in [3.05, 3.63) is 329 Å². The number of hydrogen-bond acceptors (Lipinski definition) is 2. The molecule has 0 N–H and O–H groups in total. The van der Waals surface area contributed by atoms with Gasteiger partial charge in [-0.15, -0.1) is 0 Å². The van der Waals surface area contributed by atoms with Crippen molar-refractivity contribution in [3.63, 3.8) is 0 Å². The van der Waals surface area contributed by atoms with E-state index in [-0.39, 0.29) is 10.8 Å². The Labute approximate surface area is 483 Å². The third kappa shape index (κ3) is 7.07. The van der Waals surface area contributed by atoms with E-state index < -0.39 is 5.41 Å². The normalized spacial score (nSPS) is 17.1. The Kier molecular flexibility index (Phi) is 11.4. The van der Waals surface area contributed by atoms with Gasteiger partial charge >= 0.3 is 0 Å². The first-order valence-corrected chi connectivity index (χ1v) is 29.2. The highest BCUT2D eigenvalue weighted by Gasteiger charge is 2.54. The summed E-state index contributed by atoms with van der Waals surface area (Å²) < 4.78 is 0. The van der Waals surface area contributed by atoms with Gasteiger partial charge in [-0.25, -0.2) is 0 Å². The Hall–Kier alpha value is -9.50. The van der Waals surface area contributed by atoms with Crippen LogP contribution in [0.15, 0.2) is 279 Å². The predicted molar refractivity (Wildman–Crippen MR) is 346 cm³/mol. The minimum absolute atomic E-state index is 0.174. The zero-order valence-electron chi connectivity index (χ0n) is 47.3. The highest BCUT2D eigenvalue weighted by Crippen LogP contribution is 2.67. The van der Waals surface area contributed by atoms with Gasteiger partial charge in [0.25, 0.3) is 0 Å². The standard InChI is InChI=1S/C80H64N2/c1-7-25-65-66(8-2)78(3,4)70-38-24-40-74(76(65)70)82(55-44-42-53(43-45-55)52-26-11-9-12-27-52)75-41-23-34-64-61-33-17-21-37-69(61)80(77(64)75)68-36-20-16-32-60(68)63-49-47-57(51-72(63)80)81(73-39-22-18-30-58(73)54-28-13-10-14-29-54)56-46-48-62-59-31-15-19-35-67(59)79(5,6)71(62)50-56/h7-21,23-38,40-51H,2,22,39H2,1,3-6H3/b25-7-. The largest absolute Gasteiger partial charge is 0.314 e. The van der Waals surface area contributed by atoms with Gasteiger partial charge in [-0.1, -0.05) is 247 Å². The maximum absolute atomic E-state index is 4.45. The summed E-state index contributed by atoms with van der Waals surface area (Å²) in [5, 5.41) is 0. The van der Waals surface area contributed by atoms with Gasteiger partial charge in [-0.3, -0.25) is 0 Å². The van der Waals surface area contributed by atoms with Gasteiger partial charge in [0.05, 0.1) is 16.8 Å². The van der Waals surface area contributed by atoms with Crippen LogP contribution in [0.2, 0.25) is 0 Å². The number of hydrogen-bond donors (Lipinski definition) is 0. The molecule has 0 saturated heterocycles. The molecule has 0 saturated carbocycles. The van der Waals surface area contributed by atoms with E-state index in [1.807, 2.05) is 0 Å². The van der Waals surface area contributed by atoms with Crippen LogP contribution in [0.25, 0.3) is 55.7 Å². The molecule has 1 atom stereocenters. The maximum atomic E-state index is 4.45. The van der Waals surface area contributed by atoms with Crippen molar-refractivity contribution in [1.82, 2.24) is 0 Å². The minimum atomic E-state index is -0.714. The molecule has 0 amide bonds. The van der Waals surface area contributed by atoms with Crippen molar-refractivity contribution in [2.24, 2.45) is 0 Å². The molecule has 2 heteroatoms. The average molecular weight is 1050 g/mol. The molecule has 0 aliphatic heterocycles. The van der Waals surface area contributed by atoms with Crippen molar-refractivity contribution in [3.8, 4) is 44.5 Å². The lowest BCUT2D eigenvalue weighted by atomic mass is 9.69. The first kappa shape index (κ1) is 49.5. The van der Waals surface area contributed by atoms with Gasteiger partial charge in [0, 0.05) is 50.3 Å². The lowest BCUT2D eigenvalue weighted by molar-refractivity contribution is 0.654. The van der Waals surface area contributed by atoms with Crippen molar-refractivity contribution in [2.45, 2.75) is 63.7 Å². The second-order valence-corrected chi connectivity index (χ2v) is 23.8. The molecule has 0 radical (unpaired) electrons. The molecule has 82 heavy (non-hydrogen) atoms. The third-order valence-corrected chi connectivity index (χ3v) is 18.8. The second kappa shape index (κ2) is 18.8. The Morgan fingerprint density at radius 2 is 0.939 bits per heavy atom. The van der Waals surface area contributed by atoms with E-state index in [0.29, 0.717) is 0 Å². The van der Waals surface area contributed by atoms with E-state index in [1.165, 1.54) is 123 Å². The molecule has 0 aromatic heterocycles. The van der Waals surface area contributed by atoms with Crippen LogP contribution in [0.4, 0.5) is 28.4 Å². The number of fused-ring (bicyclic) bond motifs is 14. The molecule has 0 bridgehead atoms.